The Morgan fingerprint density at radius 2 is 1.14 bits per heavy atom. The van der Waals surface area contributed by atoms with Crippen molar-refractivity contribution in [1.82, 2.24) is 0 Å². The van der Waals surface area contributed by atoms with Gasteiger partial charge in [0.2, 0.25) is 0 Å². The summed E-state index contributed by atoms with van der Waals surface area (Å²) < 4.78 is 0.0659. The van der Waals surface area contributed by atoms with Crippen LogP contribution in [0.25, 0.3) is 0 Å². The Hall–Kier alpha value is -0.430. The highest BCUT2D eigenvalue weighted by atomic mass is 32.1. The van der Waals surface area contributed by atoms with Crippen molar-refractivity contribution in [1.29, 1.82) is 0 Å². The maximum absolute atomic E-state index is 3.71. The SMILES string of the molecule is CC(C)(C)c1ccc(C(C)(C)[SH2+])cc1. The first kappa shape index (κ1) is 11.6. The summed E-state index contributed by atoms with van der Waals surface area (Å²) in [7, 11) is 0. The van der Waals surface area contributed by atoms with E-state index in [1.54, 1.807) is 0 Å². The third kappa shape index (κ3) is 2.78. The highest BCUT2D eigenvalue weighted by Gasteiger charge is 2.22. The second-order valence-electron chi connectivity index (χ2n) is 5.45. The van der Waals surface area contributed by atoms with Crippen molar-refractivity contribution in [2.45, 2.75) is 44.8 Å². The van der Waals surface area contributed by atoms with Crippen LogP contribution in [0.4, 0.5) is 0 Å². The summed E-state index contributed by atoms with van der Waals surface area (Å²) in [6.45, 7) is 11.0. The summed E-state index contributed by atoms with van der Waals surface area (Å²) in [5.74, 6) is 0. The van der Waals surface area contributed by atoms with Gasteiger partial charge in [0.25, 0.3) is 0 Å². The third-order valence-corrected chi connectivity index (χ3v) is 2.76. The van der Waals surface area contributed by atoms with Gasteiger partial charge < -0.3 is 0 Å². The second kappa shape index (κ2) is 3.62. The normalized spacial score (nSPS) is 13.0. The maximum Gasteiger partial charge on any atom is 0.143 e. The van der Waals surface area contributed by atoms with Crippen molar-refractivity contribution in [3.8, 4) is 0 Å². The van der Waals surface area contributed by atoms with E-state index in [-0.39, 0.29) is 10.2 Å². The lowest BCUT2D eigenvalue weighted by molar-refractivity contribution is 0.589. The van der Waals surface area contributed by atoms with Gasteiger partial charge in [0, 0.05) is 5.56 Å². The van der Waals surface area contributed by atoms with Crippen molar-refractivity contribution >= 4 is 12.6 Å². The molecule has 0 heterocycles. The number of rotatable bonds is 1. The van der Waals surface area contributed by atoms with E-state index < -0.39 is 0 Å². The van der Waals surface area contributed by atoms with Crippen molar-refractivity contribution < 1.29 is 0 Å². The molecule has 0 atom stereocenters. The van der Waals surface area contributed by atoms with Crippen LogP contribution < -0.4 is 0 Å². The van der Waals surface area contributed by atoms with E-state index in [1.165, 1.54) is 11.1 Å². The number of benzene rings is 1. The van der Waals surface area contributed by atoms with Crippen LogP contribution in [0.5, 0.6) is 0 Å². The Labute approximate surface area is 93.1 Å². The van der Waals surface area contributed by atoms with Gasteiger partial charge in [-0.25, -0.2) is 0 Å². The van der Waals surface area contributed by atoms with E-state index in [2.05, 4.69) is 71.5 Å². The molecule has 78 valence electrons. The zero-order valence-electron chi connectivity index (χ0n) is 9.81. The average molecular weight is 209 g/mol. The third-order valence-electron chi connectivity index (χ3n) is 2.47. The number of hydrogen-bond donors (Lipinski definition) is 0. The molecule has 0 spiro atoms. The molecule has 0 N–H and O–H groups in total. The fourth-order valence-corrected chi connectivity index (χ4v) is 1.55. The van der Waals surface area contributed by atoms with Gasteiger partial charge in [-0.1, -0.05) is 45.0 Å². The van der Waals surface area contributed by atoms with E-state index in [9.17, 15) is 0 Å². The van der Waals surface area contributed by atoms with E-state index in [0.29, 0.717) is 0 Å². The fourth-order valence-electron chi connectivity index (χ4n) is 1.39. The van der Waals surface area contributed by atoms with Crippen molar-refractivity contribution in [3.63, 3.8) is 0 Å². The van der Waals surface area contributed by atoms with Crippen LogP contribution in [0.2, 0.25) is 0 Å². The predicted octanol–water partition coefficient (Wildman–Crippen LogP) is 3.23. The molecule has 0 aliphatic heterocycles. The summed E-state index contributed by atoms with van der Waals surface area (Å²) in [6.07, 6.45) is 0. The quantitative estimate of drug-likeness (QED) is 0.623. The Morgan fingerprint density at radius 1 is 0.786 bits per heavy atom. The summed E-state index contributed by atoms with van der Waals surface area (Å²) in [6, 6.07) is 8.84. The molecule has 0 nitrogen and oxygen atoms in total. The molecule has 0 aromatic heterocycles. The molecule has 0 unspecified atom stereocenters. The monoisotopic (exact) mass is 209 g/mol. The molecule has 1 heteroatoms. The largest absolute Gasteiger partial charge is 0.143 e. The van der Waals surface area contributed by atoms with Gasteiger partial charge in [0.05, 0.1) is 0 Å². The second-order valence-corrected chi connectivity index (χ2v) is 6.70. The average Bonchev–Trinajstić information content (AvgIpc) is 2.01. The van der Waals surface area contributed by atoms with Crippen LogP contribution in [0.3, 0.4) is 0 Å². The molecule has 0 saturated heterocycles. The molecule has 1 aromatic carbocycles. The summed E-state index contributed by atoms with van der Waals surface area (Å²) >= 11 is 3.71. The first-order chi connectivity index (χ1) is 6.21. The van der Waals surface area contributed by atoms with Crippen LogP contribution in [0.1, 0.15) is 45.7 Å². The molecule has 1 rings (SSSR count). The van der Waals surface area contributed by atoms with Gasteiger partial charge >= 0.3 is 0 Å². The van der Waals surface area contributed by atoms with E-state index in [4.69, 9.17) is 0 Å². The van der Waals surface area contributed by atoms with Crippen LogP contribution in [-0.2, 0) is 22.8 Å². The molecule has 0 fully saturated rings. The van der Waals surface area contributed by atoms with Crippen LogP contribution in [0.15, 0.2) is 24.3 Å². The molecule has 0 amide bonds. The van der Waals surface area contributed by atoms with Gasteiger partial charge in [0.1, 0.15) is 4.75 Å². The van der Waals surface area contributed by atoms with E-state index >= 15 is 0 Å². The topological polar surface area (TPSA) is 0 Å². The van der Waals surface area contributed by atoms with E-state index in [0.717, 1.165) is 0 Å². The molecule has 1 aromatic rings. The Kier molecular flexibility index (Phi) is 3.01. The molecule has 0 radical (unpaired) electrons. The van der Waals surface area contributed by atoms with Crippen molar-refractivity contribution in [2.24, 2.45) is 0 Å². The Balaban J connectivity index is 3.02. The summed E-state index contributed by atoms with van der Waals surface area (Å²) in [5.41, 5.74) is 2.95. The lowest BCUT2D eigenvalue weighted by atomic mass is 9.86. The van der Waals surface area contributed by atoms with Gasteiger partial charge in [-0.15, -0.1) is 0 Å². The highest BCUT2D eigenvalue weighted by Crippen LogP contribution is 2.26. The Bertz CT molecular complexity index is 262. The summed E-state index contributed by atoms with van der Waals surface area (Å²) in [4.78, 5) is 0. The van der Waals surface area contributed by atoms with Gasteiger partial charge in [-0.2, -0.15) is 0 Å². The van der Waals surface area contributed by atoms with Crippen molar-refractivity contribution in [3.05, 3.63) is 35.4 Å². The van der Waals surface area contributed by atoms with Crippen LogP contribution in [-0.4, -0.2) is 0 Å². The zero-order chi connectivity index (χ0) is 11.0. The highest BCUT2D eigenvalue weighted by molar-refractivity contribution is 7.59. The fraction of sp³-hybridized carbons (Fsp3) is 0.538. The van der Waals surface area contributed by atoms with Crippen LogP contribution >= 0.6 is 0 Å². The predicted molar refractivity (Wildman–Crippen MR) is 68.3 cm³/mol. The van der Waals surface area contributed by atoms with Gasteiger partial charge in [-0.05, 0) is 37.5 Å². The maximum atomic E-state index is 3.71. The first-order valence-electron chi connectivity index (χ1n) is 5.07. The molecule has 0 saturated carbocycles. The minimum Gasteiger partial charge on any atom is -0.0580 e. The number of hydrogen-bond acceptors (Lipinski definition) is 0. The van der Waals surface area contributed by atoms with Gasteiger partial charge in [0.15, 0.2) is 0 Å². The zero-order valence-corrected chi connectivity index (χ0v) is 10.8. The lowest BCUT2D eigenvalue weighted by Crippen LogP contribution is -2.14. The minimum absolute atomic E-state index is 0.0659. The Morgan fingerprint density at radius 3 is 1.43 bits per heavy atom. The van der Waals surface area contributed by atoms with Gasteiger partial charge in [-0.3, -0.25) is 0 Å². The summed E-state index contributed by atoms with van der Waals surface area (Å²) in [5, 5.41) is 0. The molecular formula is C13H21S+. The van der Waals surface area contributed by atoms with E-state index in [1.807, 2.05) is 0 Å². The minimum atomic E-state index is 0.0659. The molecular weight excluding hydrogens is 188 g/mol. The standard InChI is InChI=1S/C13H20S/c1-12(2,3)10-6-8-11(9-7-10)13(4,5)14/h6-9,14H,1-5H3/p+1. The lowest BCUT2D eigenvalue weighted by Gasteiger charge is -2.20. The molecule has 14 heavy (non-hydrogen) atoms. The first-order valence-corrected chi connectivity index (χ1v) is 5.57. The molecule has 0 bridgehead atoms. The van der Waals surface area contributed by atoms with Crippen LogP contribution in [0, 0.1) is 0 Å². The van der Waals surface area contributed by atoms with Crippen molar-refractivity contribution in [2.75, 3.05) is 0 Å². The molecule has 0 aliphatic rings. The smallest absolute Gasteiger partial charge is 0.0580 e. The molecule has 0 aliphatic carbocycles.